The number of hydrogen-bond acceptors (Lipinski definition) is 3. The van der Waals surface area contributed by atoms with Crippen LogP contribution in [0.4, 0.5) is 4.39 Å². The van der Waals surface area contributed by atoms with Crippen molar-refractivity contribution in [3.8, 4) is 16.9 Å². The second-order valence-electron chi connectivity index (χ2n) is 5.72. The van der Waals surface area contributed by atoms with Gasteiger partial charge in [-0.1, -0.05) is 50.2 Å². The third kappa shape index (κ3) is 5.82. The number of rotatable bonds is 3. The maximum absolute atomic E-state index is 13.0. The first-order valence-corrected chi connectivity index (χ1v) is 8.57. The van der Waals surface area contributed by atoms with Gasteiger partial charge in [0.05, 0.1) is 5.56 Å². The molecule has 1 radical (unpaired) electrons. The van der Waals surface area contributed by atoms with Crippen molar-refractivity contribution in [3.63, 3.8) is 0 Å². The van der Waals surface area contributed by atoms with Gasteiger partial charge < -0.3 is 12.5 Å². The van der Waals surface area contributed by atoms with Crippen LogP contribution in [0.25, 0.3) is 11.1 Å². The van der Waals surface area contributed by atoms with E-state index in [4.69, 9.17) is 0 Å². The summed E-state index contributed by atoms with van der Waals surface area (Å²) in [7, 11) is 1.55. The molecule has 0 unspecified atom stereocenters. The van der Waals surface area contributed by atoms with Crippen LogP contribution in [-0.4, -0.2) is 14.9 Å². The maximum atomic E-state index is 13.0. The van der Waals surface area contributed by atoms with Gasteiger partial charge in [0.15, 0.2) is 5.75 Å². The molecule has 3 rings (SSSR count). The van der Waals surface area contributed by atoms with Crippen molar-refractivity contribution >= 4 is 0 Å². The van der Waals surface area contributed by atoms with Gasteiger partial charge in [0.2, 0.25) is 0 Å². The summed E-state index contributed by atoms with van der Waals surface area (Å²) < 4.78 is 14.3. The molecule has 0 bridgehead atoms. The third-order valence-corrected chi connectivity index (χ3v) is 3.99. The molecule has 0 atom stereocenters. The first kappa shape index (κ1) is 26.2. The Morgan fingerprint density at radius 2 is 1.64 bits per heavy atom. The largest absolute Gasteiger partial charge is 0.505 e. The van der Waals surface area contributed by atoms with Gasteiger partial charge in [0.1, 0.15) is 11.5 Å². The first-order chi connectivity index (χ1) is 12.5. The zero-order valence-corrected chi connectivity index (χ0v) is 19.9. The normalized spacial score (nSPS) is 9.46. The van der Waals surface area contributed by atoms with Gasteiger partial charge in [-0.15, -0.1) is 0 Å². The third-order valence-electron chi connectivity index (χ3n) is 3.99. The topological polar surface area (TPSA) is 55.1 Å². The van der Waals surface area contributed by atoms with E-state index in [2.05, 4.69) is 5.10 Å². The van der Waals surface area contributed by atoms with E-state index in [-0.39, 0.29) is 62.8 Å². The number of halogens is 1. The van der Waals surface area contributed by atoms with E-state index >= 15 is 0 Å². The first-order valence-electron chi connectivity index (χ1n) is 8.57. The molecule has 4 nitrogen and oxygen atoms in total. The summed E-state index contributed by atoms with van der Waals surface area (Å²) in [6, 6.07) is 13.4. The summed E-state index contributed by atoms with van der Waals surface area (Å²) in [5, 5.41) is 14.8. The summed E-state index contributed by atoms with van der Waals surface area (Å²) in [5.41, 5.74) is 2.63. The number of hydrogen-bond donors (Lipinski definition) is 1. The number of aryl methyl sites for hydroxylation is 2. The quantitative estimate of drug-likeness (QED) is 0.581. The summed E-state index contributed by atoms with van der Waals surface area (Å²) in [5.74, 6) is -0.450. The van der Waals surface area contributed by atoms with E-state index in [1.54, 1.807) is 25.2 Å². The van der Waals surface area contributed by atoms with Gasteiger partial charge in [0.25, 0.3) is 5.56 Å². The van der Waals surface area contributed by atoms with Crippen LogP contribution in [0.15, 0.2) is 53.3 Å². The monoisotopic (exact) mass is 458 g/mol. The van der Waals surface area contributed by atoms with E-state index < -0.39 is 0 Å². The zero-order valence-electron chi connectivity index (χ0n) is 17.0. The molecule has 28 heavy (non-hydrogen) atoms. The predicted molar refractivity (Wildman–Crippen MR) is 108 cm³/mol. The summed E-state index contributed by atoms with van der Waals surface area (Å²) in [4.78, 5) is 12.5. The molecule has 0 aliphatic rings. The molecule has 1 N–H and O–H groups in total. The van der Waals surface area contributed by atoms with Crippen LogP contribution in [-0.2, 0) is 46.2 Å². The van der Waals surface area contributed by atoms with Crippen molar-refractivity contribution < 1.29 is 42.2 Å². The minimum Gasteiger partial charge on any atom is -0.505 e. The SMILES string of the molecule is CC.Cc1ccccc1-c1c(O)c(Cc2ccc(F)cc2)nn(C)c1=O.[CH3-].[Y]. The Morgan fingerprint density at radius 3 is 2.21 bits per heavy atom. The molecule has 0 saturated carbocycles. The molecule has 0 aliphatic carbocycles. The molecule has 0 amide bonds. The van der Waals surface area contributed by atoms with E-state index in [9.17, 15) is 14.3 Å². The minimum absolute atomic E-state index is 0. The Labute approximate surface area is 191 Å². The second kappa shape index (κ2) is 11.9. The molecule has 1 aromatic heterocycles. The number of benzene rings is 2. The molecule has 0 fully saturated rings. The zero-order chi connectivity index (χ0) is 19.3. The summed E-state index contributed by atoms with van der Waals surface area (Å²) in [6.45, 7) is 5.88. The molecule has 2 aromatic carbocycles. The molecule has 3 aromatic rings. The Morgan fingerprint density at radius 1 is 1.07 bits per heavy atom. The van der Waals surface area contributed by atoms with Gasteiger partial charge in [-0.25, -0.2) is 9.07 Å². The molecule has 0 spiro atoms. The van der Waals surface area contributed by atoms with Crippen molar-refractivity contribution in [2.45, 2.75) is 27.2 Å². The van der Waals surface area contributed by atoms with Crippen LogP contribution in [0.1, 0.15) is 30.7 Å². The summed E-state index contributed by atoms with van der Waals surface area (Å²) in [6.07, 6.45) is 0.305. The van der Waals surface area contributed by atoms with Crippen molar-refractivity contribution in [1.29, 1.82) is 0 Å². The Hall–Kier alpha value is -1.85. The van der Waals surface area contributed by atoms with Crippen LogP contribution in [0.5, 0.6) is 5.75 Å². The van der Waals surface area contributed by atoms with Gasteiger partial charge in [-0.2, -0.15) is 5.10 Å². The number of nitrogens with zero attached hydrogens (tertiary/aromatic N) is 2. The Balaban J connectivity index is 0.00000177. The molecule has 0 aliphatic heterocycles. The van der Waals surface area contributed by atoms with Crippen LogP contribution in [0.3, 0.4) is 0 Å². The molecular formula is C22H26FN2O2Y-. The van der Waals surface area contributed by atoms with Crippen molar-refractivity contribution in [2.24, 2.45) is 7.05 Å². The Bertz CT molecular complexity index is 954. The predicted octanol–water partition coefficient (Wildman–Crippen LogP) is 4.67. The maximum Gasteiger partial charge on any atom is 0.278 e. The van der Waals surface area contributed by atoms with Gasteiger partial charge in [-0.3, -0.25) is 4.79 Å². The summed E-state index contributed by atoms with van der Waals surface area (Å²) >= 11 is 0. The average Bonchev–Trinajstić information content (AvgIpc) is 2.65. The molecule has 0 saturated heterocycles. The van der Waals surface area contributed by atoms with Crippen LogP contribution >= 0.6 is 0 Å². The van der Waals surface area contributed by atoms with Crippen LogP contribution < -0.4 is 5.56 Å². The van der Waals surface area contributed by atoms with Crippen LogP contribution in [0, 0.1) is 20.2 Å². The molecule has 1 heterocycles. The molecule has 147 valence electrons. The van der Waals surface area contributed by atoms with E-state index in [0.29, 0.717) is 17.7 Å². The number of aromatic nitrogens is 2. The van der Waals surface area contributed by atoms with Crippen molar-refractivity contribution in [2.75, 3.05) is 0 Å². The van der Waals surface area contributed by atoms with Gasteiger partial charge >= 0.3 is 0 Å². The smallest absolute Gasteiger partial charge is 0.278 e. The molecular weight excluding hydrogens is 432 g/mol. The van der Waals surface area contributed by atoms with Gasteiger partial charge in [-0.05, 0) is 35.7 Å². The minimum atomic E-state index is -0.357. The second-order valence-corrected chi connectivity index (χ2v) is 5.72. The van der Waals surface area contributed by atoms with Crippen molar-refractivity contribution in [3.05, 3.63) is 88.9 Å². The van der Waals surface area contributed by atoms with Crippen molar-refractivity contribution in [1.82, 2.24) is 9.78 Å². The van der Waals surface area contributed by atoms with E-state index in [1.165, 1.54) is 16.8 Å². The van der Waals surface area contributed by atoms with E-state index in [1.807, 2.05) is 39.0 Å². The van der Waals surface area contributed by atoms with Gasteiger partial charge in [0, 0.05) is 46.2 Å². The average molecular weight is 458 g/mol. The van der Waals surface area contributed by atoms with E-state index in [0.717, 1.165) is 11.1 Å². The van der Waals surface area contributed by atoms with Crippen LogP contribution in [0.2, 0.25) is 0 Å². The fraction of sp³-hybridized carbons (Fsp3) is 0.227. The Kier molecular flexibility index (Phi) is 11.1. The fourth-order valence-corrected chi connectivity index (χ4v) is 2.69. The molecule has 6 heteroatoms. The fourth-order valence-electron chi connectivity index (χ4n) is 2.69. The standard InChI is InChI=1S/C19H17FN2O2.C2H6.CH3.Y/c1-12-5-3-4-6-15(12)17-18(23)16(21-22(2)19(17)24)11-13-7-9-14(20)10-8-13;1-2;;/h3-10,23H,11H2,1-2H3;1-2H3;1H3;/q;;-1;. The number of aromatic hydroxyl groups is 1.